The number of hydrogen-bond acceptors (Lipinski definition) is 3. The number of carbonyl (C=O) groups excluding carboxylic acids is 1. The zero-order valence-electron chi connectivity index (χ0n) is 8.62. The molecule has 0 bridgehead atoms. The molecule has 2 aromatic rings. The molecule has 0 radical (unpaired) electrons. The van der Waals surface area contributed by atoms with Crippen LogP contribution in [0.4, 0.5) is 4.39 Å². The number of halogens is 3. The van der Waals surface area contributed by atoms with E-state index in [4.69, 9.17) is 0 Å². The van der Waals surface area contributed by atoms with Crippen molar-refractivity contribution in [3.8, 4) is 0 Å². The second-order valence-corrected chi connectivity index (χ2v) is 4.89. The second-order valence-electron chi connectivity index (χ2n) is 3.28. The number of aromatic nitrogens is 3. The maximum absolute atomic E-state index is 13.8. The molecule has 1 aromatic heterocycles. The summed E-state index contributed by atoms with van der Waals surface area (Å²) in [6.07, 6.45) is 0. The van der Waals surface area contributed by atoms with Gasteiger partial charge in [0.2, 0.25) is 5.78 Å². The van der Waals surface area contributed by atoms with Crippen molar-refractivity contribution < 1.29 is 9.18 Å². The van der Waals surface area contributed by atoms with Crippen molar-refractivity contribution >= 4 is 37.6 Å². The van der Waals surface area contributed by atoms with Crippen molar-refractivity contribution in [1.29, 1.82) is 0 Å². The summed E-state index contributed by atoms with van der Waals surface area (Å²) in [7, 11) is 1.57. The van der Waals surface area contributed by atoms with Crippen LogP contribution in [0, 0.1) is 5.82 Å². The lowest BCUT2D eigenvalue weighted by Gasteiger charge is -2.04. The third-order valence-electron chi connectivity index (χ3n) is 2.20. The molecule has 0 atom stereocenters. The number of nitrogens with zero attached hydrogens (tertiary/aromatic N) is 3. The monoisotopic (exact) mass is 361 g/mol. The highest BCUT2D eigenvalue weighted by atomic mass is 79.9. The minimum atomic E-state index is -0.592. The molecule has 0 unspecified atom stereocenters. The summed E-state index contributed by atoms with van der Waals surface area (Å²) in [4.78, 5) is 12.1. The summed E-state index contributed by atoms with van der Waals surface area (Å²) >= 11 is 6.15. The Balaban J connectivity index is 2.55. The predicted molar refractivity (Wildman–Crippen MR) is 66.2 cm³/mol. The first-order valence-corrected chi connectivity index (χ1v) is 6.15. The van der Waals surface area contributed by atoms with Crippen LogP contribution in [0.3, 0.4) is 0 Å². The molecule has 0 aliphatic rings. The van der Waals surface area contributed by atoms with Gasteiger partial charge in [0, 0.05) is 7.05 Å². The van der Waals surface area contributed by atoms with Gasteiger partial charge in [-0.05, 0) is 44.0 Å². The Morgan fingerprint density at radius 1 is 1.41 bits per heavy atom. The SMILES string of the molecule is Cn1nnc(Br)c1C(=O)c1cccc(Br)c1F. The summed E-state index contributed by atoms with van der Waals surface area (Å²) in [6.45, 7) is 0. The van der Waals surface area contributed by atoms with Gasteiger partial charge in [-0.2, -0.15) is 0 Å². The summed E-state index contributed by atoms with van der Waals surface area (Å²) in [6, 6.07) is 4.54. The van der Waals surface area contributed by atoms with Gasteiger partial charge in [-0.3, -0.25) is 4.79 Å². The van der Waals surface area contributed by atoms with Crippen LogP contribution in [0.1, 0.15) is 16.1 Å². The molecule has 17 heavy (non-hydrogen) atoms. The van der Waals surface area contributed by atoms with Crippen LogP contribution in [0.5, 0.6) is 0 Å². The molecule has 0 saturated heterocycles. The van der Waals surface area contributed by atoms with Crippen LogP contribution >= 0.6 is 31.9 Å². The van der Waals surface area contributed by atoms with Gasteiger partial charge < -0.3 is 0 Å². The van der Waals surface area contributed by atoms with E-state index in [-0.39, 0.29) is 15.7 Å². The van der Waals surface area contributed by atoms with Crippen LogP contribution in [-0.2, 0) is 7.05 Å². The number of aryl methyl sites for hydroxylation is 1. The molecule has 2 rings (SSSR count). The average Bonchev–Trinajstić information content (AvgIpc) is 2.62. The predicted octanol–water partition coefficient (Wildman–Crippen LogP) is 2.71. The highest BCUT2D eigenvalue weighted by Crippen LogP contribution is 2.23. The Labute approximate surface area is 113 Å². The van der Waals surface area contributed by atoms with E-state index in [2.05, 4.69) is 42.2 Å². The normalized spacial score (nSPS) is 10.6. The first-order chi connectivity index (χ1) is 8.02. The molecule has 7 heteroatoms. The fraction of sp³-hybridized carbons (Fsp3) is 0.100. The van der Waals surface area contributed by atoms with E-state index in [9.17, 15) is 9.18 Å². The van der Waals surface area contributed by atoms with E-state index < -0.39 is 11.6 Å². The fourth-order valence-electron chi connectivity index (χ4n) is 1.38. The van der Waals surface area contributed by atoms with Crippen molar-refractivity contribution in [1.82, 2.24) is 15.0 Å². The maximum Gasteiger partial charge on any atom is 0.216 e. The number of hydrogen-bond donors (Lipinski definition) is 0. The lowest BCUT2D eigenvalue weighted by Crippen LogP contribution is -2.11. The lowest BCUT2D eigenvalue weighted by atomic mass is 10.1. The minimum absolute atomic E-state index is 0.0227. The van der Waals surface area contributed by atoms with E-state index >= 15 is 0 Å². The summed E-state index contributed by atoms with van der Waals surface area (Å²) in [5, 5.41) is 7.37. The minimum Gasteiger partial charge on any atom is -0.287 e. The molecule has 1 aromatic carbocycles. The summed E-state index contributed by atoms with van der Waals surface area (Å²) < 4.78 is 15.6. The number of carbonyl (C=O) groups is 1. The molecule has 4 nitrogen and oxygen atoms in total. The Hall–Kier alpha value is -1.08. The molecule has 0 fully saturated rings. The molecule has 0 amide bonds. The highest BCUT2D eigenvalue weighted by Gasteiger charge is 2.22. The summed E-state index contributed by atoms with van der Waals surface area (Å²) in [5.74, 6) is -1.06. The maximum atomic E-state index is 13.8. The average molecular weight is 363 g/mol. The van der Waals surface area contributed by atoms with Crippen LogP contribution in [0.25, 0.3) is 0 Å². The van der Waals surface area contributed by atoms with E-state index in [0.717, 1.165) is 0 Å². The van der Waals surface area contributed by atoms with Gasteiger partial charge in [-0.25, -0.2) is 9.07 Å². The van der Waals surface area contributed by atoms with Gasteiger partial charge >= 0.3 is 0 Å². The van der Waals surface area contributed by atoms with E-state index in [1.807, 2.05) is 0 Å². The van der Waals surface area contributed by atoms with E-state index in [1.165, 1.54) is 16.8 Å². The van der Waals surface area contributed by atoms with Crippen LogP contribution in [-0.4, -0.2) is 20.8 Å². The number of ketones is 1. The molecule has 0 N–H and O–H groups in total. The molecular formula is C10H6Br2FN3O. The molecule has 0 saturated carbocycles. The third kappa shape index (κ3) is 2.16. The first kappa shape index (κ1) is 12.4. The standard InChI is InChI=1S/C10H6Br2FN3O/c1-16-8(10(12)14-15-16)9(17)5-3-2-4-6(11)7(5)13/h2-4H,1H3. The molecule has 0 spiro atoms. The Bertz CT molecular complexity index is 578. The molecule has 88 valence electrons. The van der Waals surface area contributed by atoms with Gasteiger partial charge in [0.05, 0.1) is 10.0 Å². The van der Waals surface area contributed by atoms with Gasteiger partial charge in [0.15, 0.2) is 4.60 Å². The molecule has 0 aliphatic carbocycles. The Kier molecular flexibility index (Phi) is 3.39. The number of benzene rings is 1. The quantitative estimate of drug-likeness (QED) is 0.772. The van der Waals surface area contributed by atoms with Crippen molar-refractivity contribution in [2.45, 2.75) is 0 Å². The Morgan fingerprint density at radius 2 is 2.12 bits per heavy atom. The first-order valence-electron chi connectivity index (χ1n) is 4.56. The van der Waals surface area contributed by atoms with E-state index in [1.54, 1.807) is 13.1 Å². The summed E-state index contributed by atoms with van der Waals surface area (Å²) in [5.41, 5.74) is 0.187. The largest absolute Gasteiger partial charge is 0.287 e. The molecule has 1 heterocycles. The van der Waals surface area contributed by atoms with Crippen molar-refractivity contribution in [2.75, 3.05) is 0 Å². The van der Waals surface area contributed by atoms with Crippen LogP contribution < -0.4 is 0 Å². The third-order valence-corrected chi connectivity index (χ3v) is 3.34. The smallest absolute Gasteiger partial charge is 0.216 e. The molecular weight excluding hydrogens is 357 g/mol. The van der Waals surface area contributed by atoms with Crippen molar-refractivity contribution in [2.24, 2.45) is 7.05 Å². The van der Waals surface area contributed by atoms with Crippen LogP contribution in [0.2, 0.25) is 0 Å². The topological polar surface area (TPSA) is 47.8 Å². The van der Waals surface area contributed by atoms with Gasteiger partial charge in [0.25, 0.3) is 0 Å². The lowest BCUT2D eigenvalue weighted by molar-refractivity contribution is 0.102. The van der Waals surface area contributed by atoms with Crippen LogP contribution in [0.15, 0.2) is 27.3 Å². The zero-order chi connectivity index (χ0) is 12.6. The highest BCUT2D eigenvalue weighted by molar-refractivity contribution is 9.10. The fourth-order valence-corrected chi connectivity index (χ4v) is 2.25. The zero-order valence-corrected chi connectivity index (χ0v) is 11.8. The Morgan fingerprint density at radius 3 is 2.71 bits per heavy atom. The van der Waals surface area contributed by atoms with Gasteiger partial charge in [-0.1, -0.05) is 11.3 Å². The van der Waals surface area contributed by atoms with Gasteiger partial charge in [0.1, 0.15) is 11.5 Å². The van der Waals surface area contributed by atoms with Gasteiger partial charge in [-0.15, -0.1) is 5.10 Å². The van der Waals surface area contributed by atoms with Crippen molar-refractivity contribution in [3.05, 3.63) is 44.3 Å². The second kappa shape index (κ2) is 4.66. The van der Waals surface area contributed by atoms with E-state index in [0.29, 0.717) is 4.60 Å². The van der Waals surface area contributed by atoms with Crippen molar-refractivity contribution in [3.63, 3.8) is 0 Å². The number of rotatable bonds is 2. The molecule has 0 aliphatic heterocycles.